The minimum Gasteiger partial charge on any atom is -0.384 e. The zero-order valence-corrected chi connectivity index (χ0v) is 12.9. The van der Waals surface area contributed by atoms with Crippen LogP contribution in [0.3, 0.4) is 0 Å². The predicted molar refractivity (Wildman–Crippen MR) is 77.6 cm³/mol. The van der Waals surface area contributed by atoms with Crippen molar-refractivity contribution in [3.63, 3.8) is 0 Å². The van der Waals surface area contributed by atoms with E-state index in [1.54, 1.807) is 18.9 Å². The van der Waals surface area contributed by atoms with Gasteiger partial charge in [-0.1, -0.05) is 20.8 Å². The van der Waals surface area contributed by atoms with Gasteiger partial charge < -0.3 is 10.1 Å². The third-order valence-corrected chi connectivity index (χ3v) is 3.58. The van der Waals surface area contributed by atoms with Crippen LogP contribution in [0.5, 0.6) is 0 Å². The molecule has 0 radical (unpaired) electrons. The molecule has 0 atom stereocenters. The summed E-state index contributed by atoms with van der Waals surface area (Å²) < 4.78 is 5.08. The lowest BCUT2D eigenvalue weighted by Gasteiger charge is -2.20. The van der Waals surface area contributed by atoms with Crippen LogP contribution in [-0.2, 0) is 10.2 Å². The first-order valence-electron chi connectivity index (χ1n) is 6.08. The molecule has 0 amide bonds. The van der Waals surface area contributed by atoms with E-state index in [2.05, 4.69) is 36.1 Å². The van der Waals surface area contributed by atoms with Gasteiger partial charge in [-0.2, -0.15) is 0 Å². The highest BCUT2D eigenvalue weighted by molar-refractivity contribution is 7.99. The van der Waals surface area contributed by atoms with E-state index >= 15 is 0 Å². The third-order valence-electron chi connectivity index (χ3n) is 2.54. The van der Waals surface area contributed by atoms with Crippen molar-refractivity contribution in [2.24, 2.45) is 0 Å². The highest BCUT2D eigenvalue weighted by atomic mass is 32.2. The fourth-order valence-corrected chi connectivity index (χ4v) is 2.34. The molecule has 0 aliphatic carbocycles. The van der Waals surface area contributed by atoms with Gasteiger partial charge in [0.15, 0.2) is 0 Å². The summed E-state index contributed by atoms with van der Waals surface area (Å²) in [5, 5.41) is 4.18. The predicted octanol–water partition coefficient (Wildman–Crippen LogP) is 2.86. The molecule has 0 spiro atoms. The standard InChI is InChI=1S/C13H23N3OS/c1-9-10(14-5)15-12(13(2,3)4)16-11(9)18-8-7-17-6/h7-8H2,1-6H3,(H,14,15,16). The summed E-state index contributed by atoms with van der Waals surface area (Å²) >= 11 is 1.72. The van der Waals surface area contributed by atoms with Gasteiger partial charge in [-0.25, -0.2) is 9.97 Å². The lowest BCUT2D eigenvalue weighted by atomic mass is 9.95. The number of hydrogen-bond donors (Lipinski definition) is 1. The van der Waals surface area contributed by atoms with Crippen molar-refractivity contribution in [1.82, 2.24) is 9.97 Å². The Morgan fingerprint density at radius 2 is 1.94 bits per heavy atom. The second-order valence-electron chi connectivity index (χ2n) is 5.17. The van der Waals surface area contributed by atoms with E-state index in [0.717, 1.165) is 34.6 Å². The quantitative estimate of drug-likeness (QED) is 0.506. The van der Waals surface area contributed by atoms with Crippen LogP contribution >= 0.6 is 11.8 Å². The number of anilines is 1. The first-order valence-corrected chi connectivity index (χ1v) is 7.07. The van der Waals surface area contributed by atoms with E-state index in [9.17, 15) is 0 Å². The van der Waals surface area contributed by atoms with Crippen molar-refractivity contribution >= 4 is 17.6 Å². The second kappa shape index (κ2) is 6.38. The molecule has 1 rings (SSSR count). The molecule has 0 fully saturated rings. The molecule has 0 bridgehead atoms. The zero-order chi connectivity index (χ0) is 13.8. The fourth-order valence-electron chi connectivity index (χ4n) is 1.44. The van der Waals surface area contributed by atoms with Gasteiger partial charge in [0.1, 0.15) is 16.7 Å². The summed E-state index contributed by atoms with van der Waals surface area (Å²) in [6.45, 7) is 9.16. The van der Waals surface area contributed by atoms with Crippen LogP contribution in [0, 0.1) is 6.92 Å². The maximum atomic E-state index is 5.08. The van der Waals surface area contributed by atoms with Gasteiger partial charge in [-0.05, 0) is 6.92 Å². The maximum Gasteiger partial charge on any atom is 0.137 e. The number of ether oxygens (including phenoxy) is 1. The minimum absolute atomic E-state index is 0.0458. The number of methoxy groups -OCH3 is 1. The van der Waals surface area contributed by atoms with Gasteiger partial charge in [0.05, 0.1) is 6.61 Å². The molecule has 1 aromatic rings. The largest absolute Gasteiger partial charge is 0.384 e. The average molecular weight is 269 g/mol. The molecule has 0 aliphatic heterocycles. The van der Waals surface area contributed by atoms with E-state index in [0.29, 0.717) is 0 Å². The number of rotatable bonds is 5. The summed E-state index contributed by atoms with van der Waals surface area (Å²) in [6.07, 6.45) is 0. The molecule has 1 aromatic heterocycles. The molecular formula is C13H23N3OS. The molecule has 1 heterocycles. The van der Waals surface area contributed by atoms with Crippen molar-refractivity contribution in [3.05, 3.63) is 11.4 Å². The number of aromatic nitrogens is 2. The first-order chi connectivity index (χ1) is 8.40. The fraction of sp³-hybridized carbons (Fsp3) is 0.692. The van der Waals surface area contributed by atoms with Crippen LogP contribution in [0.15, 0.2) is 5.03 Å². The van der Waals surface area contributed by atoms with Gasteiger partial charge in [-0.15, -0.1) is 11.8 Å². The van der Waals surface area contributed by atoms with Gasteiger partial charge in [-0.3, -0.25) is 0 Å². The average Bonchev–Trinajstić information content (AvgIpc) is 2.30. The maximum absolute atomic E-state index is 5.08. The Morgan fingerprint density at radius 3 is 2.44 bits per heavy atom. The van der Waals surface area contributed by atoms with Gasteiger partial charge in [0.25, 0.3) is 0 Å². The lowest BCUT2D eigenvalue weighted by Crippen LogP contribution is -2.18. The molecule has 0 unspecified atom stereocenters. The Hall–Kier alpha value is -0.810. The Labute approximate surface area is 114 Å². The molecule has 0 saturated carbocycles. The summed E-state index contributed by atoms with van der Waals surface area (Å²) in [5.74, 6) is 2.69. The molecule has 4 nitrogen and oxygen atoms in total. The second-order valence-corrected chi connectivity index (χ2v) is 6.25. The van der Waals surface area contributed by atoms with Crippen LogP contribution < -0.4 is 5.32 Å². The van der Waals surface area contributed by atoms with Crippen LogP contribution in [0.4, 0.5) is 5.82 Å². The summed E-state index contributed by atoms with van der Waals surface area (Å²) in [5.41, 5.74) is 1.06. The van der Waals surface area contributed by atoms with E-state index in [4.69, 9.17) is 4.74 Å². The van der Waals surface area contributed by atoms with Gasteiger partial charge >= 0.3 is 0 Å². The summed E-state index contributed by atoms with van der Waals surface area (Å²) in [4.78, 5) is 9.26. The van der Waals surface area contributed by atoms with E-state index < -0.39 is 0 Å². The smallest absolute Gasteiger partial charge is 0.137 e. The van der Waals surface area contributed by atoms with Crippen molar-refractivity contribution in [3.8, 4) is 0 Å². The summed E-state index contributed by atoms with van der Waals surface area (Å²) in [7, 11) is 3.61. The van der Waals surface area contributed by atoms with Crippen molar-refractivity contribution in [1.29, 1.82) is 0 Å². The van der Waals surface area contributed by atoms with Crippen LogP contribution in [-0.4, -0.2) is 36.5 Å². The van der Waals surface area contributed by atoms with Gasteiger partial charge in [0, 0.05) is 30.9 Å². The van der Waals surface area contributed by atoms with Crippen molar-refractivity contribution < 1.29 is 4.74 Å². The molecule has 0 saturated heterocycles. The Bertz CT molecular complexity index is 402. The van der Waals surface area contributed by atoms with E-state index in [1.807, 2.05) is 14.0 Å². The molecular weight excluding hydrogens is 246 g/mol. The monoisotopic (exact) mass is 269 g/mol. The number of hydrogen-bond acceptors (Lipinski definition) is 5. The molecule has 1 N–H and O–H groups in total. The van der Waals surface area contributed by atoms with Crippen molar-refractivity contribution in [2.45, 2.75) is 38.1 Å². The highest BCUT2D eigenvalue weighted by Gasteiger charge is 2.20. The minimum atomic E-state index is -0.0458. The number of thioether (sulfide) groups is 1. The highest BCUT2D eigenvalue weighted by Crippen LogP contribution is 2.28. The molecule has 5 heteroatoms. The third kappa shape index (κ3) is 3.85. The van der Waals surface area contributed by atoms with Crippen LogP contribution in [0.2, 0.25) is 0 Å². The Balaban J connectivity index is 3.07. The topological polar surface area (TPSA) is 47.0 Å². The molecule has 18 heavy (non-hydrogen) atoms. The van der Waals surface area contributed by atoms with E-state index in [-0.39, 0.29) is 5.41 Å². The zero-order valence-electron chi connectivity index (χ0n) is 12.1. The Kier molecular flexibility index (Phi) is 5.41. The first kappa shape index (κ1) is 15.2. The van der Waals surface area contributed by atoms with E-state index in [1.165, 1.54) is 0 Å². The molecule has 0 aromatic carbocycles. The Morgan fingerprint density at radius 1 is 1.28 bits per heavy atom. The van der Waals surface area contributed by atoms with Crippen LogP contribution in [0.1, 0.15) is 32.2 Å². The number of nitrogens with zero attached hydrogens (tertiary/aromatic N) is 2. The molecule has 0 aliphatic rings. The number of nitrogens with one attached hydrogen (secondary N) is 1. The normalized spacial score (nSPS) is 11.7. The van der Waals surface area contributed by atoms with Gasteiger partial charge in [0.2, 0.25) is 0 Å². The SMILES string of the molecule is CNc1nc(C(C)(C)C)nc(SCCOC)c1C. The molecule has 102 valence electrons. The van der Waals surface area contributed by atoms with Crippen molar-refractivity contribution in [2.75, 3.05) is 31.8 Å². The van der Waals surface area contributed by atoms with Crippen LogP contribution in [0.25, 0.3) is 0 Å². The lowest BCUT2D eigenvalue weighted by molar-refractivity contribution is 0.218. The summed E-state index contributed by atoms with van der Waals surface area (Å²) in [6, 6.07) is 0.